The van der Waals surface area contributed by atoms with Gasteiger partial charge in [-0.1, -0.05) is 33.6 Å². The fourth-order valence-corrected chi connectivity index (χ4v) is 4.51. The van der Waals surface area contributed by atoms with E-state index in [1.54, 1.807) is 30.3 Å². The molecule has 4 rings (SSSR count). The molecular formula is C22H17BrClF2NO. The normalized spacial score (nSPS) is 18.8. The molecular weight excluding hydrogens is 448 g/mol. The van der Waals surface area contributed by atoms with Crippen LogP contribution in [0, 0.1) is 11.6 Å². The third kappa shape index (κ3) is 3.38. The van der Waals surface area contributed by atoms with Crippen LogP contribution in [0.1, 0.15) is 29.7 Å². The van der Waals surface area contributed by atoms with Crippen LogP contribution in [0.4, 0.5) is 14.5 Å². The molecule has 0 aromatic heterocycles. The number of halogens is 4. The zero-order valence-electron chi connectivity index (χ0n) is 15.0. The first-order chi connectivity index (χ1) is 13.3. The summed E-state index contributed by atoms with van der Waals surface area (Å²) in [5, 5.41) is 10.5. The molecule has 0 spiro atoms. The van der Waals surface area contributed by atoms with E-state index in [0.29, 0.717) is 15.9 Å². The fraction of sp³-hybridized carbons (Fsp3) is 0.182. The van der Waals surface area contributed by atoms with Gasteiger partial charge in [-0.15, -0.1) is 0 Å². The van der Waals surface area contributed by atoms with Crippen molar-refractivity contribution >= 4 is 33.2 Å². The number of aromatic hydroxyl groups is 1. The Morgan fingerprint density at radius 1 is 1.04 bits per heavy atom. The van der Waals surface area contributed by atoms with Crippen molar-refractivity contribution in [2.24, 2.45) is 0 Å². The Balaban J connectivity index is 1.97. The molecule has 2 nitrogen and oxygen atoms in total. The number of fused-ring (bicyclic) bond motifs is 1. The summed E-state index contributed by atoms with van der Waals surface area (Å²) in [7, 11) is 0. The molecule has 0 saturated carbocycles. The van der Waals surface area contributed by atoms with Crippen LogP contribution in [0.5, 0.6) is 5.75 Å². The van der Waals surface area contributed by atoms with E-state index in [2.05, 4.69) is 15.9 Å². The van der Waals surface area contributed by atoms with Gasteiger partial charge in [-0.25, -0.2) is 8.78 Å². The minimum atomic E-state index is -0.673. The number of phenolic OH excluding ortho intramolecular Hbond substituents is 1. The summed E-state index contributed by atoms with van der Waals surface area (Å²) in [6, 6.07) is 14.0. The van der Waals surface area contributed by atoms with Crippen LogP contribution >= 0.6 is 27.5 Å². The van der Waals surface area contributed by atoms with Crippen molar-refractivity contribution in [3.63, 3.8) is 0 Å². The first-order valence-corrected chi connectivity index (χ1v) is 10.0. The Kier molecular flexibility index (Phi) is 5.06. The number of anilines is 1. The lowest BCUT2D eigenvalue weighted by Gasteiger charge is -2.44. The van der Waals surface area contributed by atoms with Gasteiger partial charge in [-0.2, -0.15) is 0 Å². The second kappa shape index (κ2) is 7.37. The molecule has 0 fully saturated rings. The molecule has 6 heteroatoms. The van der Waals surface area contributed by atoms with Crippen LogP contribution < -0.4 is 4.90 Å². The van der Waals surface area contributed by atoms with Gasteiger partial charge in [-0.05, 0) is 73.0 Å². The molecule has 0 radical (unpaired) electrons. The summed E-state index contributed by atoms with van der Waals surface area (Å²) in [6.07, 6.45) is 0.641. The van der Waals surface area contributed by atoms with E-state index in [1.807, 2.05) is 24.0 Å². The Bertz CT molecular complexity index is 1020. The second-order valence-electron chi connectivity index (χ2n) is 7.01. The Morgan fingerprint density at radius 2 is 1.68 bits per heavy atom. The lowest BCUT2D eigenvalue weighted by molar-refractivity contribution is 0.466. The predicted octanol–water partition coefficient (Wildman–Crippen LogP) is 6.63. The molecule has 3 aromatic rings. The molecule has 0 bridgehead atoms. The van der Waals surface area contributed by atoms with E-state index in [0.717, 1.165) is 16.8 Å². The summed E-state index contributed by atoms with van der Waals surface area (Å²) in [5.74, 6) is -1.10. The number of benzene rings is 3. The smallest absolute Gasteiger partial charge is 0.132 e. The lowest BCUT2D eigenvalue weighted by atomic mass is 9.84. The van der Waals surface area contributed by atoms with Gasteiger partial charge in [0.25, 0.3) is 0 Å². The Morgan fingerprint density at radius 3 is 2.32 bits per heavy atom. The maximum absolute atomic E-state index is 15.0. The highest BCUT2D eigenvalue weighted by Gasteiger charge is 2.37. The quantitative estimate of drug-likeness (QED) is 0.460. The van der Waals surface area contributed by atoms with E-state index in [1.165, 1.54) is 12.1 Å². The van der Waals surface area contributed by atoms with Crippen LogP contribution in [-0.2, 0) is 6.42 Å². The van der Waals surface area contributed by atoms with E-state index in [4.69, 9.17) is 11.6 Å². The number of nitrogens with zero attached hydrogens (tertiary/aromatic N) is 1. The van der Waals surface area contributed by atoms with Crippen LogP contribution in [0.15, 0.2) is 59.1 Å². The van der Waals surface area contributed by atoms with Gasteiger partial charge in [0.15, 0.2) is 0 Å². The van der Waals surface area contributed by atoms with Crippen LogP contribution in [0.25, 0.3) is 0 Å². The van der Waals surface area contributed by atoms with E-state index in [-0.39, 0.29) is 17.4 Å². The highest BCUT2D eigenvalue weighted by atomic mass is 79.9. The summed E-state index contributed by atoms with van der Waals surface area (Å²) >= 11 is 9.19. The third-order valence-electron chi connectivity index (χ3n) is 5.13. The molecule has 1 heterocycles. The van der Waals surface area contributed by atoms with E-state index < -0.39 is 17.7 Å². The lowest BCUT2D eigenvalue weighted by Crippen LogP contribution is -2.43. The largest absolute Gasteiger partial charge is 0.508 e. The first kappa shape index (κ1) is 19.2. The maximum atomic E-state index is 15.0. The van der Waals surface area contributed by atoms with Crippen molar-refractivity contribution < 1.29 is 13.9 Å². The SMILES string of the molecule is CC1Cc2cc(O)ccc2C(c2c(F)cc(Br)cc2F)N1c1ccc(Cl)cc1. The summed E-state index contributed by atoms with van der Waals surface area (Å²) in [6.45, 7) is 2.00. The standard InChI is InChI=1S/C22H17BrClF2NO/c1-12-8-13-9-17(28)6-7-18(13)22(21-19(25)10-14(23)11-20(21)26)27(12)16-4-2-15(24)3-5-16/h2-7,9-12,22,28H,8H2,1H3. The molecule has 1 N–H and O–H groups in total. The highest BCUT2D eigenvalue weighted by molar-refractivity contribution is 9.10. The predicted molar refractivity (Wildman–Crippen MR) is 111 cm³/mol. The van der Waals surface area contributed by atoms with Crippen molar-refractivity contribution in [3.8, 4) is 5.75 Å². The highest BCUT2D eigenvalue weighted by Crippen LogP contribution is 2.44. The number of hydrogen-bond acceptors (Lipinski definition) is 2. The minimum absolute atomic E-state index is 0.0170. The van der Waals surface area contributed by atoms with Crippen LogP contribution in [0.2, 0.25) is 5.02 Å². The topological polar surface area (TPSA) is 23.5 Å². The van der Waals surface area contributed by atoms with Gasteiger partial charge in [0.05, 0.1) is 11.6 Å². The molecule has 2 unspecified atom stereocenters. The Hall–Kier alpha value is -2.11. The average molecular weight is 465 g/mol. The van der Waals surface area contributed by atoms with Crippen molar-refractivity contribution in [2.45, 2.75) is 25.4 Å². The van der Waals surface area contributed by atoms with Gasteiger partial charge >= 0.3 is 0 Å². The monoisotopic (exact) mass is 463 g/mol. The molecule has 0 saturated heterocycles. The molecule has 0 amide bonds. The fourth-order valence-electron chi connectivity index (χ4n) is 3.98. The minimum Gasteiger partial charge on any atom is -0.508 e. The molecule has 2 atom stereocenters. The second-order valence-corrected chi connectivity index (χ2v) is 8.36. The third-order valence-corrected chi connectivity index (χ3v) is 5.84. The van der Waals surface area contributed by atoms with Crippen LogP contribution in [0.3, 0.4) is 0 Å². The van der Waals surface area contributed by atoms with Gasteiger partial charge in [0.2, 0.25) is 0 Å². The van der Waals surface area contributed by atoms with Crippen LogP contribution in [-0.4, -0.2) is 11.1 Å². The zero-order chi connectivity index (χ0) is 20.0. The number of hydrogen-bond donors (Lipinski definition) is 1. The first-order valence-electron chi connectivity index (χ1n) is 8.85. The van der Waals surface area contributed by atoms with Gasteiger partial charge in [0, 0.05) is 21.2 Å². The summed E-state index contributed by atoms with van der Waals surface area (Å²) in [5.41, 5.74) is 2.45. The molecule has 0 aliphatic carbocycles. The van der Waals surface area contributed by atoms with E-state index in [9.17, 15) is 13.9 Å². The molecule has 144 valence electrons. The molecule has 3 aromatic carbocycles. The summed E-state index contributed by atoms with van der Waals surface area (Å²) in [4.78, 5) is 2.01. The number of phenols is 1. The van der Waals surface area contributed by atoms with Gasteiger partial charge < -0.3 is 10.0 Å². The summed E-state index contributed by atoms with van der Waals surface area (Å²) < 4.78 is 30.3. The van der Waals surface area contributed by atoms with Crippen molar-refractivity contribution in [2.75, 3.05) is 4.90 Å². The average Bonchev–Trinajstić information content (AvgIpc) is 2.61. The van der Waals surface area contributed by atoms with E-state index >= 15 is 0 Å². The van der Waals surface area contributed by atoms with Crippen molar-refractivity contribution in [1.82, 2.24) is 0 Å². The number of rotatable bonds is 2. The zero-order valence-corrected chi connectivity index (χ0v) is 17.3. The Labute approximate surface area is 175 Å². The molecule has 1 aliphatic heterocycles. The maximum Gasteiger partial charge on any atom is 0.132 e. The van der Waals surface area contributed by atoms with Crippen molar-refractivity contribution in [1.29, 1.82) is 0 Å². The van der Waals surface area contributed by atoms with Crippen molar-refractivity contribution in [3.05, 3.63) is 92.4 Å². The van der Waals surface area contributed by atoms with Gasteiger partial charge in [0.1, 0.15) is 17.4 Å². The van der Waals surface area contributed by atoms with Gasteiger partial charge in [-0.3, -0.25) is 0 Å². The molecule has 1 aliphatic rings. The molecule has 28 heavy (non-hydrogen) atoms.